The monoisotopic (exact) mass is 516 g/mol. The van der Waals surface area contributed by atoms with Crippen molar-refractivity contribution in [2.45, 2.75) is 53.1 Å². The zero-order valence-corrected chi connectivity index (χ0v) is 23.2. The minimum Gasteiger partial charge on any atom is -0.366 e. The Morgan fingerprint density at radius 1 is 1.11 bits per heavy atom. The molecule has 202 valence electrons. The molecule has 4 N–H and O–H groups in total. The first-order chi connectivity index (χ1) is 18.2. The number of likely N-dealkylation sites (tertiary alicyclic amines) is 1. The van der Waals surface area contributed by atoms with E-state index < -0.39 is 5.91 Å². The van der Waals surface area contributed by atoms with Crippen LogP contribution in [0.2, 0.25) is 0 Å². The van der Waals surface area contributed by atoms with Crippen LogP contribution in [0.15, 0.2) is 42.5 Å². The van der Waals surface area contributed by atoms with Gasteiger partial charge in [-0.3, -0.25) is 9.69 Å². The average Bonchev–Trinajstić information content (AvgIpc) is 3.31. The molecule has 1 aromatic heterocycles. The van der Waals surface area contributed by atoms with Gasteiger partial charge in [0.15, 0.2) is 0 Å². The van der Waals surface area contributed by atoms with E-state index in [9.17, 15) is 4.79 Å². The number of carbonyl (C=O) groups excluding carboxylic acids is 1. The summed E-state index contributed by atoms with van der Waals surface area (Å²) in [5.74, 6) is 1.53. The smallest absolute Gasteiger partial charge is 0.248 e. The summed E-state index contributed by atoms with van der Waals surface area (Å²) in [4.78, 5) is 30.3. The molecule has 1 aliphatic heterocycles. The minimum absolute atomic E-state index is 0.239. The summed E-state index contributed by atoms with van der Waals surface area (Å²) in [7, 11) is 1.99. The second-order valence-electron chi connectivity index (χ2n) is 10.6. The van der Waals surface area contributed by atoms with Crippen molar-refractivity contribution in [2.75, 3.05) is 42.2 Å². The van der Waals surface area contributed by atoms with Crippen LogP contribution in [-0.4, -0.2) is 58.5 Å². The molecule has 38 heavy (non-hydrogen) atoms. The second kappa shape index (κ2) is 12.2. The summed E-state index contributed by atoms with van der Waals surface area (Å²) in [5.41, 5.74) is 10.3. The highest BCUT2D eigenvalue weighted by Crippen LogP contribution is 2.24. The Labute approximate surface area is 225 Å². The highest BCUT2D eigenvalue weighted by Gasteiger charge is 2.24. The maximum absolute atomic E-state index is 11.7. The fraction of sp³-hybridized carbons (Fsp3) is 0.448. The van der Waals surface area contributed by atoms with E-state index in [2.05, 4.69) is 65.6 Å². The maximum Gasteiger partial charge on any atom is 0.248 e. The zero-order valence-electron chi connectivity index (χ0n) is 23.2. The van der Waals surface area contributed by atoms with Gasteiger partial charge in [-0.1, -0.05) is 51.1 Å². The molecule has 2 heterocycles. The van der Waals surface area contributed by atoms with Crippen molar-refractivity contribution in [3.05, 3.63) is 64.7 Å². The Morgan fingerprint density at radius 2 is 1.82 bits per heavy atom. The Bertz CT molecular complexity index is 1240. The van der Waals surface area contributed by atoms with E-state index in [4.69, 9.17) is 15.7 Å². The van der Waals surface area contributed by atoms with Crippen molar-refractivity contribution < 1.29 is 4.79 Å². The van der Waals surface area contributed by atoms with E-state index in [0.29, 0.717) is 29.3 Å². The molecule has 4 rings (SSSR count). The van der Waals surface area contributed by atoms with Gasteiger partial charge >= 0.3 is 0 Å². The zero-order chi connectivity index (χ0) is 27.2. The lowest BCUT2D eigenvalue weighted by molar-refractivity contribution is 0.100. The Morgan fingerprint density at radius 3 is 2.50 bits per heavy atom. The summed E-state index contributed by atoms with van der Waals surface area (Å²) in [5, 5.41) is 6.83. The third kappa shape index (κ3) is 7.19. The third-order valence-electron chi connectivity index (χ3n) is 6.82. The van der Waals surface area contributed by atoms with E-state index in [1.807, 2.05) is 24.9 Å². The van der Waals surface area contributed by atoms with Gasteiger partial charge in [-0.05, 0) is 54.5 Å². The molecule has 0 bridgehead atoms. The van der Waals surface area contributed by atoms with Crippen LogP contribution in [0, 0.1) is 12.8 Å². The summed E-state index contributed by atoms with van der Waals surface area (Å²) in [6.45, 7) is 12.2. The number of nitrogens with two attached hydrogens (primary N) is 1. The van der Waals surface area contributed by atoms with Gasteiger partial charge in [0.1, 0.15) is 0 Å². The number of rotatable bonds is 11. The van der Waals surface area contributed by atoms with Crippen LogP contribution >= 0.6 is 0 Å². The van der Waals surface area contributed by atoms with Gasteiger partial charge in [0, 0.05) is 50.5 Å². The van der Waals surface area contributed by atoms with Crippen molar-refractivity contribution in [1.29, 1.82) is 0 Å². The number of hydrogen-bond donors (Lipinski definition) is 3. The van der Waals surface area contributed by atoms with Crippen molar-refractivity contribution in [3.63, 3.8) is 0 Å². The quantitative estimate of drug-likeness (QED) is 0.345. The summed E-state index contributed by atoms with van der Waals surface area (Å²) >= 11 is 0. The summed E-state index contributed by atoms with van der Waals surface area (Å²) in [6, 6.07) is 14.4. The predicted octanol–water partition coefficient (Wildman–Crippen LogP) is 4.36. The lowest BCUT2D eigenvalue weighted by atomic mass is 10.1. The van der Waals surface area contributed by atoms with Crippen LogP contribution in [0.5, 0.6) is 0 Å². The first-order valence-corrected chi connectivity index (χ1v) is 13.4. The van der Waals surface area contributed by atoms with Gasteiger partial charge in [0.05, 0.1) is 0 Å². The Kier molecular flexibility index (Phi) is 8.78. The molecule has 1 saturated heterocycles. The van der Waals surface area contributed by atoms with E-state index >= 15 is 0 Å². The highest BCUT2D eigenvalue weighted by molar-refractivity contribution is 5.94. The van der Waals surface area contributed by atoms with Gasteiger partial charge < -0.3 is 21.3 Å². The molecule has 0 aliphatic carbocycles. The van der Waals surface area contributed by atoms with Gasteiger partial charge in [-0.15, -0.1) is 0 Å². The molecule has 1 aliphatic rings. The second-order valence-corrected chi connectivity index (χ2v) is 10.6. The molecule has 0 radical (unpaired) electrons. The SMILES string of the molecule is CCc1ccc(CN2CC[C@H](Nc3nc(Nc4cc(C(N)=O)ccc4C)nc(N(C)CC(C)C)n3)C2)cc1. The van der Waals surface area contributed by atoms with E-state index in [1.54, 1.807) is 12.1 Å². The molecule has 0 spiro atoms. The number of aryl methyl sites for hydroxylation is 2. The number of primary amides is 1. The van der Waals surface area contributed by atoms with E-state index in [0.717, 1.165) is 50.3 Å². The van der Waals surface area contributed by atoms with Crippen LogP contribution < -0.4 is 21.3 Å². The van der Waals surface area contributed by atoms with E-state index in [1.165, 1.54) is 11.1 Å². The number of aromatic nitrogens is 3. The van der Waals surface area contributed by atoms with Crippen LogP contribution in [0.25, 0.3) is 0 Å². The van der Waals surface area contributed by atoms with Gasteiger partial charge in [-0.25, -0.2) is 0 Å². The molecule has 3 aromatic rings. The van der Waals surface area contributed by atoms with Crippen LogP contribution in [0.4, 0.5) is 23.5 Å². The number of carbonyl (C=O) groups is 1. The molecule has 0 unspecified atom stereocenters. The number of nitrogens with zero attached hydrogens (tertiary/aromatic N) is 5. The molecular formula is C29H40N8O. The van der Waals surface area contributed by atoms with Gasteiger partial charge in [0.2, 0.25) is 23.8 Å². The number of benzene rings is 2. The molecule has 1 fully saturated rings. The van der Waals surface area contributed by atoms with Gasteiger partial charge in [0.25, 0.3) is 0 Å². The first-order valence-electron chi connectivity index (χ1n) is 13.4. The topological polar surface area (TPSA) is 112 Å². The van der Waals surface area contributed by atoms with Crippen molar-refractivity contribution in [2.24, 2.45) is 11.7 Å². The maximum atomic E-state index is 11.7. The van der Waals surface area contributed by atoms with Gasteiger partial charge in [-0.2, -0.15) is 15.0 Å². The van der Waals surface area contributed by atoms with E-state index in [-0.39, 0.29) is 6.04 Å². The van der Waals surface area contributed by atoms with Crippen molar-refractivity contribution in [1.82, 2.24) is 19.9 Å². The Balaban J connectivity index is 1.51. The average molecular weight is 517 g/mol. The van der Waals surface area contributed by atoms with Crippen molar-refractivity contribution >= 4 is 29.4 Å². The molecule has 1 amide bonds. The van der Waals surface area contributed by atoms with Crippen LogP contribution in [-0.2, 0) is 13.0 Å². The number of hydrogen-bond acceptors (Lipinski definition) is 8. The molecule has 9 nitrogen and oxygen atoms in total. The first kappa shape index (κ1) is 27.3. The minimum atomic E-state index is -0.476. The fourth-order valence-corrected chi connectivity index (χ4v) is 4.73. The molecule has 1 atom stereocenters. The van der Waals surface area contributed by atoms with Crippen molar-refractivity contribution in [3.8, 4) is 0 Å². The number of anilines is 4. The lowest BCUT2D eigenvalue weighted by Gasteiger charge is -2.22. The Hall–Kier alpha value is -3.72. The number of amides is 1. The molecular weight excluding hydrogens is 476 g/mol. The predicted molar refractivity (Wildman–Crippen MR) is 154 cm³/mol. The summed E-state index contributed by atoms with van der Waals surface area (Å²) < 4.78 is 0. The van der Waals surface area contributed by atoms with Crippen LogP contribution in [0.3, 0.4) is 0 Å². The highest BCUT2D eigenvalue weighted by atomic mass is 16.1. The van der Waals surface area contributed by atoms with Crippen LogP contribution in [0.1, 0.15) is 54.2 Å². The molecule has 9 heteroatoms. The lowest BCUT2D eigenvalue weighted by Crippen LogP contribution is -2.28. The molecule has 2 aromatic carbocycles. The molecule has 0 saturated carbocycles. The summed E-state index contributed by atoms with van der Waals surface area (Å²) in [6.07, 6.45) is 2.07. The number of nitrogens with one attached hydrogen (secondary N) is 2. The largest absolute Gasteiger partial charge is 0.366 e. The standard InChI is InChI=1S/C29H40N8O/c1-6-21-8-10-22(11-9-21)17-37-14-13-24(18-37)31-27-33-28(35-29(34-27)36(5)16-19(2)3)32-25-15-23(26(30)38)12-7-20(25)4/h7-12,15,19,24H,6,13-14,16-18H2,1-5H3,(H2,30,38)(H2,31,32,33,34,35)/t24-/m0/s1. The third-order valence-corrected chi connectivity index (χ3v) is 6.82. The normalized spacial score (nSPS) is 15.6. The fourth-order valence-electron chi connectivity index (χ4n) is 4.73.